The molecule has 130 valence electrons. The predicted octanol–water partition coefficient (Wildman–Crippen LogP) is 2.77. The highest BCUT2D eigenvalue weighted by Crippen LogP contribution is 2.31. The Bertz CT molecular complexity index is 731. The summed E-state index contributed by atoms with van der Waals surface area (Å²) in [6, 6.07) is 5.71. The summed E-state index contributed by atoms with van der Waals surface area (Å²) in [6.07, 6.45) is 3.83. The van der Waals surface area contributed by atoms with Gasteiger partial charge in [0.05, 0.1) is 12.1 Å². The van der Waals surface area contributed by atoms with Gasteiger partial charge in [0.25, 0.3) is 0 Å². The molecule has 1 aliphatic rings. The first-order chi connectivity index (χ1) is 11.0. The van der Waals surface area contributed by atoms with Gasteiger partial charge in [-0.15, -0.1) is 12.4 Å². The van der Waals surface area contributed by atoms with Gasteiger partial charge in [0.1, 0.15) is 0 Å². The van der Waals surface area contributed by atoms with Gasteiger partial charge in [-0.2, -0.15) is 5.10 Å². The Morgan fingerprint density at radius 1 is 1.42 bits per heavy atom. The van der Waals surface area contributed by atoms with Crippen LogP contribution in [0.3, 0.4) is 0 Å². The molecule has 1 aromatic heterocycles. The highest BCUT2D eigenvalue weighted by atomic mass is 35.5. The summed E-state index contributed by atoms with van der Waals surface area (Å²) >= 11 is 6.19. The average Bonchev–Trinajstić information content (AvgIpc) is 3.17. The largest absolute Gasteiger partial charge is 0.315 e. The molecular formula is C17H22Cl2N4O. The van der Waals surface area contributed by atoms with E-state index in [1.54, 1.807) is 9.58 Å². The molecule has 0 bridgehead atoms. The molecule has 1 saturated heterocycles. The first-order valence-electron chi connectivity index (χ1n) is 7.70. The third-order valence-electron chi connectivity index (χ3n) is 4.56. The number of amides is 1. The van der Waals surface area contributed by atoms with Gasteiger partial charge in [-0.1, -0.05) is 17.7 Å². The van der Waals surface area contributed by atoms with Gasteiger partial charge in [-0.25, -0.2) is 0 Å². The van der Waals surface area contributed by atoms with Crippen LogP contribution < -0.4 is 10.2 Å². The van der Waals surface area contributed by atoms with Gasteiger partial charge in [-0.05, 0) is 30.2 Å². The van der Waals surface area contributed by atoms with E-state index in [1.165, 1.54) is 0 Å². The molecule has 2 atom stereocenters. The summed E-state index contributed by atoms with van der Waals surface area (Å²) in [4.78, 5) is 14.6. The molecule has 0 saturated carbocycles. The van der Waals surface area contributed by atoms with Crippen molar-refractivity contribution in [3.8, 4) is 0 Å². The number of nitrogens with zero attached hydrogens (tertiary/aromatic N) is 3. The quantitative estimate of drug-likeness (QED) is 0.905. The van der Waals surface area contributed by atoms with E-state index in [1.807, 2.05) is 51.6 Å². The zero-order chi connectivity index (χ0) is 16.6. The van der Waals surface area contributed by atoms with Crippen LogP contribution in [0.2, 0.25) is 5.02 Å². The van der Waals surface area contributed by atoms with Crippen LogP contribution in [-0.2, 0) is 11.8 Å². The monoisotopic (exact) mass is 368 g/mol. The Hall–Kier alpha value is -1.56. The van der Waals surface area contributed by atoms with E-state index >= 15 is 0 Å². The lowest BCUT2D eigenvalue weighted by atomic mass is 9.90. The summed E-state index contributed by atoms with van der Waals surface area (Å²) in [5.74, 6) is 0.160. The molecule has 1 aromatic carbocycles. The van der Waals surface area contributed by atoms with Crippen molar-refractivity contribution >= 4 is 35.6 Å². The van der Waals surface area contributed by atoms with E-state index < -0.39 is 0 Å². The van der Waals surface area contributed by atoms with Gasteiger partial charge >= 0.3 is 0 Å². The number of carbonyl (C=O) groups excluding carboxylic acids is 1. The predicted molar refractivity (Wildman–Crippen MR) is 99.2 cm³/mol. The maximum Gasteiger partial charge on any atom is 0.231 e. The third kappa shape index (κ3) is 3.58. The molecule has 0 unspecified atom stereocenters. The van der Waals surface area contributed by atoms with E-state index in [2.05, 4.69) is 10.4 Å². The normalized spacial score (nSPS) is 19.8. The molecule has 1 amide bonds. The van der Waals surface area contributed by atoms with E-state index in [9.17, 15) is 4.79 Å². The highest BCUT2D eigenvalue weighted by molar-refractivity contribution is 6.31. The van der Waals surface area contributed by atoms with Crippen molar-refractivity contribution in [3.05, 3.63) is 46.7 Å². The topological polar surface area (TPSA) is 50.2 Å². The minimum Gasteiger partial charge on any atom is -0.315 e. The van der Waals surface area contributed by atoms with Crippen molar-refractivity contribution in [1.29, 1.82) is 0 Å². The number of rotatable bonds is 3. The molecule has 0 aliphatic carbocycles. The van der Waals surface area contributed by atoms with Gasteiger partial charge in [0.2, 0.25) is 5.91 Å². The minimum atomic E-state index is -0.0933. The van der Waals surface area contributed by atoms with Gasteiger partial charge in [0, 0.05) is 50.0 Å². The van der Waals surface area contributed by atoms with Crippen molar-refractivity contribution in [2.45, 2.75) is 12.8 Å². The first kappa shape index (κ1) is 18.8. The van der Waals surface area contributed by atoms with Crippen molar-refractivity contribution in [1.82, 2.24) is 15.1 Å². The molecule has 2 heterocycles. The fourth-order valence-electron chi connectivity index (χ4n) is 3.09. The van der Waals surface area contributed by atoms with Crippen LogP contribution in [0, 0.1) is 12.8 Å². The second-order valence-electron chi connectivity index (χ2n) is 6.15. The van der Waals surface area contributed by atoms with Crippen LogP contribution in [0.4, 0.5) is 5.69 Å². The number of hydrogen-bond acceptors (Lipinski definition) is 3. The van der Waals surface area contributed by atoms with E-state index in [-0.39, 0.29) is 30.2 Å². The maximum atomic E-state index is 12.9. The number of anilines is 1. The number of aryl methyl sites for hydroxylation is 2. The molecule has 0 spiro atoms. The molecule has 3 rings (SSSR count). The van der Waals surface area contributed by atoms with Crippen molar-refractivity contribution in [2.24, 2.45) is 13.0 Å². The van der Waals surface area contributed by atoms with E-state index in [0.717, 1.165) is 23.4 Å². The molecule has 7 heteroatoms. The molecule has 1 N–H and O–H groups in total. The zero-order valence-corrected chi connectivity index (χ0v) is 15.6. The second kappa shape index (κ2) is 7.55. The lowest BCUT2D eigenvalue weighted by molar-refractivity contribution is -0.121. The molecule has 5 nitrogen and oxygen atoms in total. The van der Waals surface area contributed by atoms with Crippen LogP contribution in [0.5, 0.6) is 0 Å². The molecule has 1 fully saturated rings. The number of benzene rings is 1. The summed E-state index contributed by atoms with van der Waals surface area (Å²) in [6.45, 7) is 3.43. The Morgan fingerprint density at radius 2 is 2.17 bits per heavy atom. The SMILES string of the molecule is Cc1ccc(N(C)C(=O)[C@H]2CNC[C@@H]2c2cnn(C)c2)cc1Cl.Cl. The number of aromatic nitrogens is 2. The standard InChI is InChI=1S/C17H21ClN4O.ClH/c1-11-4-5-13(6-16(11)18)22(3)17(23)15-9-19-8-14(15)12-7-20-21(2)10-12;/h4-7,10,14-15,19H,8-9H2,1-3H3;1H/t14-,15+;/m1./s1. The summed E-state index contributed by atoms with van der Waals surface area (Å²) in [5, 5.41) is 8.23. The fraction of sp³-hybridized carbons (Fsp3) is 0.412. The summed E-state index contributed by atoms with van der Waals surface area (Å²) in [7, 11) is 3.70. The smallest absolute Gasteiger partial charge is 0.231 e. The number of nitrogens with one attached hydrogen (secondary N) is 1. The second-order valence-corrected chi connectivity index (χ2v) is 6.56. The Balaban J connectivity index is 0.00000208. The molecular weight excluding hydrogens is 347 g/mol. The fourth-order valence-corrected chi connectivity index (χ4v) is 3.26. The number of halogens is 2. The van der Waals surface area contributed by atoms with Crippen molar-refractivity contribution in [3.63, 3.8) is 0 Å². The van der Waals surface area contributed by atoms with Crippen LogP contribution in [0.15, 0.2) is 30.6 Å². The lowest BCUT2D eigenvalue weighted by Gasteiger charge is -2.24. The van der Waals surface area contributed by atoms with Crippen LogP contribution >= 0.6 is 24.0 Å². The zero-order valence-electron chi connectivity index (χ0n) is 14.0. The summed E-state index contributed by atoms with van der Waals surface area (Å²) in [5.41, 5.74) is 2.93. The molecule has 2 aromatic rings. The van der Waals surface area contributed by atoms with Gasteiger partial charge in [-0.3, -0.25) is 9.48 Å². The van der Waals surface area contributed by atoms with Gasteiger partial charge in [0.15, 0.2) is 0 Å². The van der Waals surface area contributed by atoms with Crippen molar-refractivity contribution < 1.29 is 4.79 Å². The molecule has 0 radical (unpaired) electrons. The Morgan fingerprint density at radius 3 is 2.79 bits per heavy atom. The van der Waals surface area contributed by atoms with Crippen molar-refractivity contribution in [2.75, 3.05) is 25.0 Å². The molecule has 24 heavy (non-hydrogen) atoms. The average molecular weight is 369 g/mol. The molecule has 1 aliphatic heterocycles. The Labute approximate surface area is 153 Å². The third-order valence-corrected chi connectivity index (χ3v) is 4.96. The van der Waals surface area contributed by atoms with Crippen LogP contribution in [0.1, 0.15) is 17.0 Å². The maximum absolute atomic E-state index is 12.9. The number of hydrogen-bond donors (Lipinski definition) is 1. The highest BCUT2D eigenvalue weighted by Gasteiger charge is 2.36. The van der Waals surface area contributed by atoms with E-state index in [0.29, 0.717) is 11.6 Å². The van der Waals surface area contributed by atoms with Crippen LogP contribution in [-0.4, -0.2) is 35.8 Å². The van der Waals surface area contributed by atoms with E-state index in [4.69, 9.17) is 11.6 Å². The first-order valence-corrected chi connectivity index (χ1v) is 8.08. The van der Waals surface area contributed by atoms with Gasteiger partial charge < -0.3 is 10.2 Å². The lowest BCUT2D eigenvalue weighted by Crippen LogP contribution is -2.36. The minimum absolute atomic E-state index is 0. The van der Waals surface area contributed by atoms with Crippen LogP contribution in [0.25, 0.3) is 0 Å². The Kier molecular flexibility index (Phi) is 5.91. The summed E-state index contributed by atoms with van der Waals surface area (Å²) < 4.78 is 1.78. The number of carbonyl (C=O) groups is 1.